The molecule has 1 unspecified atom stereocenters. The van der Waals surface area contributed by atoms with Gasteiger partial charge in [-0.25, -0.2) is 9.97 Å². The molecule has 6 rings (SSSR count). The lowest BCUT2D eigenvalue weighted by Crippen LogP contribution is -2.50. The fraction of sp³-hybridized carbons (Fsp3) is 0.259. The van der Waals surface area contributed by atoms with Crippen LogP contribution in [0.15, 0.2) is 65.3 Å². The fourth-order valence-corrected chi connectivity index (χ4v) is 4.81. The summed E-state index contributed by atoms with van der Waals surface area (Å²) in [7, 11) is 1.75. The summed E-state index contributed by atoms with van der Waals surface area (Å²) in [5.74, 6) is 0.929. The van der Waals surface area contributed by atoms with Crippen molar-refractivity contribution in [2.75, 3.05) is 31.5 Å². The summed E-state index contributed by atoms with van der Waals surface area (Å²) in [5, 5.41) is 15.3. The van der Waals surface area contributed by atoms with E-state index in [9.17, 15) is 9.59 Å². The molecule has 0 aliphatic carbocycles. The molecule has 202 valence electrons. The topological polar surface area (TPSA) is 148 Å². The van der Waals surface area contributed by atoms with E-state index in [-0.39, 0.29) is 23.8 Å². The molecule has 0 spiro atoms. The lowest BCUT2D eigenvalue weighted by Gasteiger charge is -2.38. The van der Waals surface area contributed by atoms with Crippen LogP contribution in [0, 0.1) is 0 Å². The minimum absolute atomic E-state index is 0.153. The number of tetrazole rings is 1. The van der Waals surface area contributed by atoms with E-state index >= 15 is 0 Å². The lowest BCUT2D eigenvalue weighted by atomic mass is 10.0. The van der Waals surface area contributed by atoms with Crippen LogP contribution in [0.5, 0.6) is 0 Å². The van der Waals surface area contributed by atoms with Crippen molar-refractivity contribution in [3.63, 3.8) is 0 Å². The molecule has 1 atom stereocenters. The third kappa shape index (κ3) is 5.14. The highest BCUT2D eigenvalue weighted by atomic mass is 16.3. The number of benzene rings is 1. The number of carbonyl (C=O) groups excluding carboxylic acids is 2. The minimum atomic E-state index is -0.262. The highest BCUT2D eigenvalue weighted by Crippen LogP contribution is 2.29. The number of nitrogens with one attached hydrogen (secondary N) is 1. The SMILES string of the molecule is CC(=O)Nc1ncc2oc(-c3ccnc(C(=O)N4CCN(C(c5ccccc5)c5nnn(C)n5)CC4)c3)cc2n1. The number of aromatic nitrogens is 7. The van der Waals surface area contributed by atoms with Gasteiger partial charge in [0.1, 0.15) is 17.0 Å². The zero-order chi connectivity index (χ0) is 27.6. The number of rotatable bonds is 6. The molecule has 1 fully saturated rings. The maximum absolute atomic E-state index is 13.4. The highest BCUT2D eigenvalue weighted by Gasteiger charge is 2.31. The number of carbonyl (C=O) groups is 2. The van der Waals surface area contributed by atoms with Gasteiger partial charge in [0.15, 0.2) is 11.4 Å². The van der Waals surface area contributed by atoms with E-state index in [1.165, 1.54) is 17.9 Å². The molecular formula is C27H26N10O3. The van der Waals surface area contributed by atoms with Crippen molar-refractivity contribution in [2.24, 2.45) is 7.05 Å². The Labute approximate surface area is 228 Å². The Balaban J connectivity index is 1.18. The first-order valence-electron chi connectivity index (χ1n) is 12.8. The first-order valence-corrected chi connectivity index (χ1v) is 12.8. The van der Waals surface area contributed by atoms with Crippen LogP contribution < -0.4 is 5.32 Å². The zero-order valence-corrected chi connectivity index (χ0v) is 21.9. The molecule has 13 heteroatoms. The number of fused-ring (bicyclic) bond motifs is 1. The van der Waals surface area contributed by atoms with E-state index in [0.29, 0.717) is 60.1 Å². The normalized spacial score (nSPS) is 14.8. The number of furan rings is 1. The molecular weight excluding hydrogens is 512 g/mol. The Bertz CT molecular complexity index is 1670. The Morgan fingerprint density at radius 2 is 1.82 bits per heavy atom. The van der Waals surface area contributed by atoms with Crippen LogP contribution in [0.25, 0.3) is 22.4 Å². The molecule has 4 aromatic heterocycles. The van der Waals surface area contributed by atoms with E-state index in [4.69, 9.17) is 4.42 Å². The average Bonchev–Trinajstić information content (AvgIpc) is 3.59. The number of aryl methyl sites for hydroxylation is 1. The Kier molecular flexibility index (Phi) is 6.70. The molecule has 0 saturated carbocycles. The van der Waals surface area contributed by atoms with Crippen molar-refractivity contribution in [1.29, 1.82) is 0 Å². The maximum Gasteiger partial charge on any atom is 0.272 e. The van der Waals surface area contributed by atoms with Crippen molar-refractivity contribution in [3.8, 4) is 11.3 Å². The van der Waals surface area contributed by atoms with Gasteiger partial charge in [-0.15, -0.1) is 10.2 Å². The molecule has 40 heavy (non-hydrogen) atoms. The first kappa shape index (κ1) is 25.2. The summed E-state index contributed by atoms with van der Waals surface area (Å²) in [5.41, 5.74) is 3.10. The fourth-order valence-electron chi connectivity index (χ4n) is 4.81. The van der Waals surface area contributed by atoms with E-state index in [0.717, 1.165) is 5.56 Å². The lowest BCUT2D eigenvalue weighted by molar-refractivity contribution is -0.114. The number of hydrogen-bond donors (Lipinski definition) is 1. The van der Waals surface area contributed by atoms with E-state index in [2.05, 4.69) is 52.7 Å². The molecule has 0 bridgehead atoms. The van der Waals surface area contributed by atoms with Crippen molar-refractivity contribution in [2.45, 2.75) is 13.0 Å². The number of anilines is 1. The van der Waals surface area contributed by atoms with Gasteiger partial charge in [-0.05, 0) is 22.9 Å². The molecule has 1 aliphatic heterocycles. The summed E-state index contributed by atoms with van der Waals surface area (Å²) >= 11 is 0. The summed E-state index contributed by atoms with van der Waals surface area (Å²) in [6, 6.07) is 15.1. The van der Waals surface area contributed by atoms with Crippen LogP contribution in [0.4, 0.5) is 5.95 Å². The first-order chi connectivity index (χ1) is 19.4. The van der Waals surface area contributed by atoms with Gasteiger partial charge in [0, 0.05) is 50.9 Å². The van der Waals surface area contributed by atoms with E-state index < -0.39 is 0 Å². The van der Waals surface area contributed by atoms with Crippen molar-refractivity contribution in [1.82, 2.24) is 45.0 Å². The standard InChI is InChI=1S/C27H26N10O3/c1-17(38)30-27-29-16-23-20(31-27)15-22(40-23)19-8-9-28-21(14-19)26(39)37-12-10-36(11-13-37)24(18-6-4-3-5-7-18)25-32-34-35(2)33-25/h3-9,14-16,24H,10-13H2,1-2H3,(H,29,30,31,38). The van der Waals surface area contributed by atoms with Gasteiger partial charge in [0.2, 0.25) is 11.9 Å². The average molecular weight is 539 g/mol. The zero-order valence-electron chi connectivity index (χ0n) is 21.9. The summed E-state index contributed by atoms with van der Waals surface area (Å²) in [4.78, 5) is 43.0. The molecule has 0 radical (unpaired) electrons. The van der Waals surface area contributed by atoms with Crippen LogP contribution in [0.1, 0.15) is 34.8 Å². The summed E-state index contributed by atoms with van der Waals surface area (Å²) in [6.45, 7) is 3.73. The van der Waals surface area contributed by atoms with E-state index in [1.54, 1.807) is 36.3 Å². The predicted octanol–water partition coefficient (Wildman–Crippen LogP) is 2.31. The van der Waals surface area contributed by atoms with Crippen LogP contribution in [0.3, 0.4) is 0 Å². The number of hydrogen-bond acceptors (Lipinski definition) is 10. The molecule has 1 aliphatic rings. The van der Waals surface area contributed by atoms with Gasteiger partial charge < -0.3 is 9.32 Å². The quantitative estimate of drug-likeness (QED) is 0.341. The molecule has 1 aromatic carbocycles. The molecule has 5 aromatic rings. The van der Waals surface area contributed by atoms with Crippen molar-refractivity contribution in [3.05, 3.63) is 78.0 Å². The van der Waals surface area contributed by atoms with Gasteiger partial charge in [0.05, 0.1) is 19.3 Å². The van der Waals surface area contributed by atoms with Crippen LogP contribution in [-0.2, 0) is 11.8 Å². The second-order valence-corrected chi connectivity index (χ2v) is 9.44. The predicted molar refractivity (Wildman–Crippen MR) is 144 cm³/mol. The monoisotopic (exact) mass is 538 g/mol. The third-order valence-electron chi connectivity index (χ3n) is 6.67. The van der Waals surface area contributed by atoms with Crippen LogP contribution >= 0.6 is 0 Å². The number of pyridine rings is 1. The van der Waals surface area contributed by atoms with Gasteiger partial charge in [-0.3, -0.25) is 24.8 Å². The van der Waals surface area contributed by atoms with Gasteiger partial charge >= 0.3 is 0 Å². The number of amides is 2. The Hall–Kier alpha value is -5.04. The maximum atomic E-state index is 13.4. The summed E-state index contributed by atoms with van der Waals surface area (Å²) < 4.78 is 5.90. The van der Waals surface area contributed by atoms with Gasteiger partial charge in [0.25, 0.3) is 5.91 Å². The van der Waals surface area contributed by atoms with E-state index in [1.807, 2.05) is 18.2 Å². The Morgan fingerprint density at radius 1 is 1.02 bits per heavy atom. The molecule has 13 nitrogen and oxygen atoms in total. The number of nitrogens with zero attached hydrogens (tertiary/aromatic N) is 9. The largest absolute Gasteiger partial charge is 0.453 e. The Morgan fingerprint density at radius 3 is 2.55 bits per heavy atom. The second kappa shape index (κ2) is 10.6. The molecule has 5 heterocycles. The summed E-state index contributed by atoms with van der Waals surface area (Å²) in [6.07, 6.45) is 3.09. The van der Waals surface area contributed by atoms with Crippen molar-refractivity contribution >= 4 is 28.9 Å². The highest BCUT2D eigenvalue weighted by molar-refractivity contribution is 5.94. The van der Waals surface area contributed by atoms with Gasteiger partial charge in [-0.1, -0.05) is 30.3 Å². The van der Waals surface area contributed by atoms with Crippen LogP contribution in [-0.4, -0.2) is 83.0 Å². The molecule has 1 N–H and O–H groups in total. The second-order valence-electron chi connectivity index (χ2n) is 9.44. The third-order valence-corrected chi connectivity index (χ3v) is 6.67. The van der Waals surface area contributed by atoms with Crippen molar-refractivity contribution < 1.29 is 14.0 Å². The van der Waals surface area contributed by atoms with Crippen LogP contribution in [0.2, 0.25) is 0 Å². The number of piperazine rings is 1. The smallest absolute Gasteiger partial charge is 0.272 e. The van der Waals surface area contributed by atoms with Gasteiger partial charge in [-0.2, -0.15) is 4.80 Å². The molecule has 2 amide bonds. The minimum Gasteiger partial charge on any atom is -0.453 e. The molecule has 1 saturated heterocycles.